The summed E-state index contributed by atoms with van der Waals surface area (Å²) >= 11 is 6.25. The molecular formula is C14H16ClN5. The first-order valence-electron chi connectivity index (χ1n) is 6.54. The Morgan fingerprint density at radius 1 is 1.35 bits per heavy atom. The molecule has 3 aromatic rings. The van der Waals surface area contributed by atoms with Crippen molar-refractivity contribution in [1.29, 1.82) is 0 Å². The maximum Gasteiger partial charge on any atom is 0.186 e. The van der Waals surface area contributed by atoms with E-state index in [0.717, 1.165) is 23.2 Å². The number of halogens is 1. The summed E-state index contributed by atoms with van der Waals surface area (Å²) in [5.41, 5.74) is 8.44. The van der Waals surface area contributed by atoms with Gasteiger partial charge >= 0.3 is 0 Å². The summed E-state index contributed by atoms with van der Waals surface area (Å²) in [4.78, 5) is 0. The number of nitrogens with zero attached hydrogens (tertiary/aromatic N) is 3. The van der Waals surface area contributed by atoms with E-state index in [4.69, 9.17) is 17.3 Å². The fraction of sp³-hybridized carbons (Fsp3) is 0.286. The van der Waals surface area contributed by atoms with E-state index in [1.54, 1.807) is 4.68 Å². The molecule has 0 saturated carbocycles. The van der Waals surface area contributed by atoms with Crippen LogP contribution in [-0.2, 0) is 6.42 Å². The first-order valence-corrected chi connectivity index (χ1v) is 6.92. The van der Waals surface area contributed by atoms with Crippen LogP contribution in [0.15, 0.2) is 24.3 Å². The summed E-state index contributed by atoms with van der Waals surface area (Å²) < 4.78 is 1.75. The number of aromatic nitrogens is 4. The summed E-state index contributed by atoms with van der Waals surface area (Å²) in [7, 11) is 0. The first kappa shape index (κ1) is 13.0. The molecule has 6 heteroatoms. The molecule has 0 aliphatic heterocycles. The van der Waals surface area contributed by atoms with Crippen molar-refractivity contribution in [3.8, 4) is 5.69 Å². The predicted octanol–water partition coefficient (Wildman–Crippen LogP) is 3.18. The lowest BCUT2D eigenvalue weighted by molar-refractivity contribution is 0.630. The molecule has 5 nitrogen and oxygen atoms in total. The number of benzene rings is 1. The number of aromatic amines is 1. The zero-order chi connectivity index (χ0) is 14.3. The second kappa shape index (κ2) is 4.83. The third-order valence-corrected chi connectivity index (χ3v) is 3.49. The van der Waals surface area contributed by atoms with Crippen LogP contribution in [0.25, 0.3) is 16.7 Å². The number of rotatable bonds is 3. The smallest absolute Gasteiger partial charge is 0.186 e. The van der Waals surface area contributed by atoms with E-state index in [-0.39, 0.29) is 0 Å². The highest BCUT2D eigenvalue weighted by Gasteiger charge is 2.19. The average molecular weight is 290 g/mol. The molecule has 20 heavy (non-hydrogen) atoms. The Kier molecular flexibility index (Phi) is 3.14. The van der Waals surface area contributed by atoms with E-state index in [0.29, 0.717) is 22.4 Å². The molecule has 3 N–H and O–H groups in total. The van der Waals surface area contributed by atoms with Crippen LogP contribution in [0.4, 0.5) is 5.82 Å². The van der Waals surface area contributed by atoms with Gasteiger partial charge in [-0.3, -0.25) is 5.10 Å². The molecule has 0 aliphatic carbocycles. The van der Waals surface area contributed by atoms with Gasteiger partial charge in [0.15, 0.2) is 5.65 Å². The number of para-hydroxylation sites is 1. The first-order chi connectivity index (χ1) is 9.58. The summed E-state index contributed by atoms with van der Waals surface area (Å²) in [6, 6.07) is 7.56. The van der Waals surface area contributed by atoms with Gasteiger partial charge in [0, 0.05) is 0 Å². The fourth-order valence-electron chi connectivity index (χ4n) is 2.32. The van der Waals surface area contributed by atoms with Crippen LogP contribution in [0.1, 0.15) is 19.5 Å². The Labute approximate surface area is 121 Å². The highest BCUT2D eigenvalue weighted by molar-refractivity contribution is 6.32. The zero-order valence-corrected chi connectivity index (χ0v) is 12.1. The SMILES string of the molecule is CC(C)Cc1nn(-c2ccccc2Cl)c2n[nH]c(N)c12. The van der Waals surface area contributed by atoms with E-state index < -0.39 is 0 Å². The summed E-state index contributed by atoms with van der Waals surface area (Å²) in [6.45, 7) is 4.30. The van der Waals surface area contributed by atoms with E-state index in [1.165, 1.54) is 0 Å². The van der Waals surface area contributed by atoms with Gasteiger partial charge in [0.2, 0.25) is 0 Å². The number of hydrogen-bond donors (Lipinski definition) is 2. The molecular weight excluding hydrogens is 274 g/mol. The van der Waals surface area contributed by atoms with Gasteiger partial charge in [0.25, 0.3) is 0 Å². The largest absolute Gasteiger partial charge is 0.383 e. The van der Waals surface area contributed by atoms with Crippen LogP contribution in [0, 0.1) is 5.92 Å². The number of hydrogen-bond acceptors (Lipinski definition) is 3. The number of nitrogen functional groups attached to an aromatic ring is 1. The number of nitrogens with two attached hydrogens (primary N) is 1. The van der Waals surface area contributed by atoms with E-state index in [1.807, 2.05) is 24.3 Å². The molecule has 0 spiro atoms. The molecule has 104 valence electrons. The van der Waals surface area contributed by atoms with Crippen LogP contribution in [0.3, 0.4) is 0 Å². The molecule has 3 rings (SSSR count). The number of H-pyrrole nitrogens is 1. The van der Waals surface area contributed by atoms with Crippen LogP contribution < -0.4 is 5.73 Å². The van der Waals surface area contributed by atoms with Crippen LogP contribution in [0.5, 0.6) is 0 Å². The maximum atomic E-state index is 6.25. The van der Waals surface area contributed by atoms with Crippen molar-refractivity contribution < 1.29 is 0 Å². The number of anilines is 1. The summed E-state index contributed by atoms with van der Waals surface area (Å²) in [6.07, 6.45) is 0.845. The topological polar surface area (TPSA) is 72.5 Å². The molecule has 0 bridgehead atoms. The Bertz CT molecular complexity index is 756. The van der Waals surface area contributed by atoms with E-state index in [9.17, 15) is 0 Å². The van der Waals surface area contributed by atoms with Gasteiger partial charge in [-0.25, -0.2) is 4.68 Å². The van der Waals surface area contributed by atoms with E-state index >= 15 is 0 Å². The lowest BCUT2D eigenvalue weighted by atomic mass is 10.1. The van der Waals surface area contributed by atoms with Crippen molar-refractivity contribution in [2.45, 2.75) is 20.3 Å². The van der Waals surface area contributed by atoms with Crippen LogP contribution >= 0.6 is 11.6 Å². The number of fused-ring (bicyclic) bond motifs is 1. The third-order valence-electron chi connectivity index (χ3n) is 3.17. The minimum absolute atomic E-state index is 0.488. The van der Waals surface area contributed by atoms with Crippen molar-refractivity contribution in [2.75, 3.05) is 5.73 Å². The molecule has 0 atom stereocenters. The molecule has 0 amide bonds. The molecule has 2 heterocycles. The van der Waals surface area contributed by atoms with Crippen molar-refractivity contribution >= 4 is 28.5 Å². The molecule has 0 saturated heterocycles. The Morgan fingerprint density at radius 3 is 2.80 bits per heavy atom. The third kappa shape index (κ3) is 2.04. The summed E-state index contributed by atoms with van der Waals surface area (Å²) in [5, 5.41) is 13.3. The quantitative estimate of drug-likeness (QED) is 0.778. The minimum Gasteiger partial charge on any atom is -0.383 e. The maximum absolute atomic E-state index is 6.25. The lowest BCUT2D eigenvalue weighted by Gasteiger charge is -2.04. The average Bonchev–Trinajstić information content (AvgIpc) is 2.92. The molecule has 2 aromatic heterocycles. The summed E-state index contributed by atoms with van der Waals surface area (Å²) in [5.74, 6) is 1.04. The van der Waals surface area contributed by atoms with E-state index in [2.05, 4.69) is 29.1 Å². The fourth-order valence-corrected chi connectivity index (χ4v) is 2.54. The van der Waals surface area contributed by atoms with Gasteiger partial charge in [-0.1, -0.05) is 37.6 Å². The van der Waals surface area contributed by atoms with Gasteiger partial charge in [-0.2, -0.15) is 10.2 Å². The standard InChI is InChI=1S/C14H16ClN5/c1-8(2)7-10-12-13(16)17-18-14(12)20(19-10)11-6-4-3-5-9(11)15/h3-6,8H,7H2,1-2H3,(H3,16,17,18). The number of nitrogens with one attached hydrogen (secondary N) is 1. The lowest BCUT2D eigenvalue weighted by Crippen LogP contribution is -2.01. The van der Waals surface area contributed by atoms with Gasteiger partial charge in [0.05, 0.1) is 21.8 Å². The Balaban J connectivity index is 2.24. The molecule has 0 aliphatic rings. The van der Waals surface area contributed by atoms with Crippen molar-refractivity contribution in [3.63, 3.8) is 0 Å². The van der Waals surface area contributed by atoms with Crippen molar-refractivity contribution in [3.05, 3.63) is 35.0 Å². The predicted molar refractivity (Wildman–Crippen MR) is 81.2 cm³/mol. The van der Waals surface area contributed by atoms with Gasteiger partial charge in [0.1, 0.15) is 5.82 Å². The van der Waals surface area contributed by atoms with Crippen molar-refractivity contribution in [2.24, 2.45) is 5.92 Å². The second-order valence-electron chi connectivity index (χ2n) is 5.24. The molecule has 0 radical (unpaired) electrons. The second-order valence-corrected chi connectivity index (χ2v) is 5.65. The normalized spacial score (nSPS) is 11.6. The molecule has 1 aromatic carbocycles. The van der Waals surface area contributed by atoms with Crippen molar-refractivity contribution in [1.82, 2.24) is 20.0 Å². The van der Waals surface area contributed by atoms with Gasteiger partial charge in [-0.15, -0.1) is 0 Å². The highest BCUT2D eigenvalue weighted by Crippen LogP contribution is 2.29. The van der Waals surface area contributed by atoms with Gasteiger partial charge < -0.3 is 5.73 Å². The van der Waals surface area contributed by atoms with Crippen LogP contribution in [-0.4, -0.2) is 20.0 Å². The van der Waals surface area contributed by atoms with Gasteiger partial charge in [-0.05, 0) is 24.5 Å². The monoisotopic (exact) mass is 289 g/mol. The highest BCUT2D eigenvalue weighted by atomic mass is 35.5. The molecule has 0 unspecified atom stereocenters. The Hall–Kier alpha value is -2.01. The zero-order valence-electron chi connectivity index (χ0n) is 11.4. The molecule has 0 fully saturated rings. The van der Waals surface area contributed by atoms with Crippen LogP contribution in [0.2, 0.25) is 5.02 Å². The minimum atomic E-state index is 0.488. The Morgan fingerprint density at radius 2 is 2.10 bits per heavy atom.